The van der Waals surface area contributed by atoms with Crippen LogP contribution < -0.4 is 9.62 Å². The van der Waals surface area contributed by atoms with Crippen molar-refractivity contribution in [3.8, 4) is 0 Å². The molecule has 1 atom stereocenters. The van der Waals surface area contributed by atoms with Crippen molar-refractivity contribution in [2.75, 3.05) is 25.4 Å². The van der Waals surface area contributed by atoms with E-state index in [0.717, 1.165) is 9.87 Å². The Hall–Kier alpha value is -2.38. The Labute approximate surface area is 155 Å². The monoisotopic (exact) mass is 375 g/mol. The average molecular weight is 375 g/mol. The third-order valence-electron chi connectivity index (χ3n) is 4.23. The lowest BCUT2D eigenvalue weighted by atomic mass is 10.1. The smallest absolute Gasteiger partial charge is 0.303 e. The summed E-state index contributed by atoms with van der Waals surface area (Å²) < 4.78 is 26.6. The standard InChI is InChI=1S/C19H25N3O3S/c1-14-6-8-16(9-7-14)15(2)20-19(23)17-10-12-18(13-11-17)22(5)26(24,25)21(3)4/h6-13,15H,1-5H3,(H,20,23). The predicted octanol–water partition coefficient (Wildman–Crippen LogP) is 2.73. The molecule has 0 bridgehead atoms. The van der Waals surface area contributed by atoms with E-state index < -0.39 is 10.2 Å². The lowest BCUT2D eigenvalue weighted by Gasteiger charge is -2.23. The van der Waals surface area contributed by atoms with Gasteiger partial charge in [0.1, 0.15) is 0 Å². The van der Waals surface area contributed by atoms with E-state index in [-0.39, 0.29) is 11.9 Å². The minimum Gasteiger partial charge on any atom is -0.346 e. The molecule has 0 saturated carbocycles. The van der Waals surface area contributed by atoms with Crippen LogP contribution in [0.4, 0.5) is 5.69 Å². The van der Waals surface area contributed by atoms with Crippen molar-refractivity contribution in [1.29, 1.82) is 0 Å². The topological polar surface area (TPSA) is 69.7 Å². The largest absolute Gasteiger partial charge is 0.346 e. The summed E-state index contributed by atoms with van der Waals surface area (Å²) in [5.74, 6) is -0.206. The molecular weight excluding hydrogens is 350 g/mol. The van der Waals surface area contributed by atoms with Crippen LogP contribution in [0.3, 0.4) is 0 Å². The Balaban J connectivity index is 2.10. The maximum absolute atomic E-state index is 12.4. The number of carbonyl (C=O) groups is 1. The summed E-state index contributed by atoms with van der Waals surface area (Å²) in [4.78, 5) is 12.4. The summed E-state index contributed by atoms with van der Waals surface area (Å²) in [5.41, 5.74) is 3.15. The number of rotatable bonds is 6. The van der Waals surface area contributed by atoms with Crippen molar-refractivity contribution < 1.29 is 13.2 Å². The molecule has 2 aromatic carbocycles. The average Bonchev–Trinajstić information content (AvgIpc) is 2.61. The van der Waals surface area contributed by atoms with Gasteiger partial charge in [-0.15, -0.1) is 0 Å². The first kappa shape index (κ1) is 19.9. The number of nitrogens with zero attached hydrogens (tertiary/aromatic N) is 2. The number of hydrogen-bond donors (Lipinski definition) is 1. The van der Waals surface area contributed by atoms with Crippen molar-refractivity contribution in [1.82, 2.24) is 9.62 Å². The molecule has 0 radical (unpaired) electrons. The van der Waals surface area contributed by atoms with Crippen LogP contribution in [0.1, 0.15) is 34.5 Å². The van der Waals surface area contributed by atoms with E-state index in [1.807, 2.05) is 38.1 Å². The highest BCUT2D eigenvalue weighted by molar-refractivity contribution is 7.90. The fourth-order valence-electron chi connectivity index (χ4n) is 2.42. The number of aryl methyl sites for hydroxylation is 1. The van der Waals surface area contributed by atoms with Crippen LogP contribution in [0, 0.1) is 6.92 Å². The highest BCUT2D eigenvalue weighted by Crippen LogP contribution is 2.19. The zero-order valence-corrected chi connectivity index (χ0v) is 16.5. The molecule has 2 aromatic rings. The van der Waals surface area contributed by atoms with Crippen molar-refractivity contribution in [3.05, 3.63) is 65.2 Å². The maximum atomic E-state index is 12.4. The van der Waals surface area contributed by atoms with Crippen LogP contribution in [0.25, 0.3) is 0 Å². The molecule has 140 valence electrons. The molecular formula is C19H25N3O3S. The first-order valence-corrected chi connectivity index (χ1v) is 9.66. The van der Waals surface area contributed by atoms with Crippen LogP contribution in [0.15, 0.2) is 48.5 Å². The lowest BCUT2D eigenvalue weighted by molar-refractivity contribution is 0.0940. The third-order valence-corrected chi connectivity index (χ3v) is 6.05. The Bertz CT molecular complexity index is 860. The minimum absolute atomic E-state index is 0.125. The van der Waals surface area contributed by atoms with E-state index in [0.29, 0.717) is 11.3 Å². The summed E-state index contributed by atoms with van der Waals surface area (Å²) in [6, 6.07) is 14.3. The van der Waals surface area contributed by atoms with E-state index in [1.54, 1.807) is 24.3 Å². The first-order chi connectivity index (χ1) is 12.1. The molecule has 7 heteroatoms. The van der Waals surface area contributed by atoms with Crippen LogP contribution >= 0.6 is 0 Å². The van der Waals surface area contributed by atoms with Crippen molar-refractivity contribution >= 4 is 21.8 Å². The van der Waals surface area contributed by atoms with E-state index in [4.69, 9.17) is 0 Å². The molecule has 2 rings (SSSR count). The number of hydrogen-bond acceptors (Lipinski definition) is 3. The summed E-state index contributed by atoms with van der Waals surface area (Å²) in [6.45, 7) is 3.94. The van der Waals surface area contributed by atoms with Gasteiger partial charge in [0.05, 0.1) is 11.7 Å². The van der Waals surface area contributed by atoms with E-state index in [9.17, 15) is 13.2 Å². The van der Waals surface area contributed by atoms with Gasteiger partial charge in [-0.3, -0.25) is 9.10 Å². The molecule has 1 unspecified atom stereocenters. The Morgan fingerprint density at radius 2 is 1.50 bits per heavy atom. The molecule has 0 spiro atoms. The zero-order valence-electron chi connectivity index (χ0n) is 15.7. The molecule has 0 aromatic heterocycles. The van der Waals surface area contributed by atoms with Gasteiger partial charge >= 0.3 is 10.2 Å². The minimum atomic E-state index is -3.56. The fraction of sp³-hybridized carbons (Fsp3) is 0.316. The Morgan fingerprint density at radius 1 is 0.962 bits per heavy atom. The number of anilines is 1. The normalized spacial score (nSPS) is 12.7. The zero-order chi connectivity index (χ0) is 19.5. The highest BCUT2D eigenvalue weighted by atomic mass is 32.2. The number of nitrogens with one attached hydrogen (secondary N) is 1. The molecule has 1 N–H and O–H groups in total. The van der Waals surface area contributed by atoms with Crippen LogP contribution in [0.2, 0.25) is 0 Å². The van der Waals surface area contributed by atoms with Crippen LogP contribution in [0.5, 0.6) is 0 Å². The van der Waals surface area contributed by atoms with E-state index in [2.05, 4.69) is 5.32 Å². The second-order valence-electron chi connectivity index (χ2n) is 6.41. The van der Waals surface area contributed by atoms with Gasteiger partial charge in [-0.2, -0.15) is 12.7 Å². The molecule has 0 aliphatic rings. The number of carbonyl (C=O) groups excluding carboxylic acids is 1. The molecule has 0 heterocycles. The molecule has 1 amide bonds. The lowest BCUT2D eigenvalue weighted by Crippen LogP contribution is -2.37. The Kier molecular flexibility index (Phi) is 6.05. The van der Waals surface area contributed by atoms with Gasteiger partial charge in [0, 0.05) is 26.7 Å². The maximum Gasteiger partial charge on any atom is 0.303 e. The van der Waals surface area contributed by atoms with Crippen molar-refractivity contribution in [2.45, 2.75) is 19.9 Å². The summed E-state index contributed by atoms with van der Waals surface area (Å²) in [5, 5.41) is 2.95. The van der Waals surface area contributed by atoms with Gasteiger partial charge in [-0.25, -0.2) is 0 Å². The number of amides is 1. The number of benzene rings is 2. The quantitative estimate of drug-likeness (QED) is 0.844. The van der Waals surface area contributed by atoms with Gasteiger partial charge in [-0.1, -0.05) is 29.8 Å². The first-order valence-electron chi connectivity index (χ1n) is 8.27. The van der Waals surface area contributed by atoms with E-state index in [1.165, 1.54) is 31.0 Å². The molecule has 26 heavy (non-hydrogen) atoms. The van der Waals surface area contributed by atoms with Gasteiger partial charge in [0.25, 0.3) is 5.91 Å². The van der Waals surface area contributed by atoms with Crippen LogP contribution in [-0.2, 0) is 10.2 Å². The molecule has 0 aliphatic carbocycles. The van der Waals surface area contributed by atoms with Gasteiger partial charge < -0.3 is 5.32 Å². The molecule has 0 aliphatic heterocycles. The molecule has 0 saturated heterocycles. The Morgan fingerprint density at radius 3 is 2.00 bits per heavy atom. The molecule has 6 nitrogen and oxygen atoms in total. The second kappa shape index (κ2) is 7.88. The van der Waals surface area contributed by atoms with Crippen molar-refractivity contribution in [3.63, 3.8) is 0 Å². The summed E-state index contributed by atoms with van der Waals surface area (Å²) in [6.07, 6.45) is 0. The summed E-state index contributed by atoms with van der Waals surface area (Å²) >= 11 is 0. The van der Waals surface area contributed by atoms with Crippen LogP contribution in [-0.4, -0.2) is 39.8 Å². The van der Waals surface area contributed by atoms with E-state index >= 15 is 0 Å². The van der Waals surface area contributed by atoms with Gasteiger partial charge in [-0.05, 0) is 43.7 Å². The third kappa shape index (κ3) is 4.42. The van der Waals surface area contributed by atoms with Gasteiger partial charge in [0.15, 0.2) is 0 Å². The highest BCUT2D eigenvalue weighted by Gasteiger charge is 2.21. The van der Waals surface area contributed by atoms with Crippen molar-refractivity contribution in [2.24, 2.45) is 0 Å². The molecule has 0 fully saturated rings. The fourth-order valence-corrected chi connectivity index (χ4v) is 3.30. The second-order valence-corrected chi connectivity index (χ2v) is 8.58. The SMILES string of the molecule is Cc1ccc(C(C)NC(=O)c2ccc(N(C)S(=O)(=O)N(C)C)cc2)cc1. The predicted molar refractivity (Wildman–Crippen MR) is 105 cm³/mol. The summed E-state index contributed by atoms with van der Waals surface area (Å²) in [7, 11) is 0.865. The van der Waals surface area contributed by atoms with Gasteiger partial charge in [0.2, 0.25) is 0 Å².